The van der Waals surface area contributed by atoms with Crippen molar-refractivity contribution in [3.8, 4) is 11.1 Å². The smallest absolute Gasteiger partial charge is 0.354 e. The molecule has 180 valence electrons. The van der Waals surface area contributed by atoms with Crippen molar-refractivity contribution < 1.29 is 22.4 Å². The lowest BCUT2D eigenvalue weighted by Gasteiger charge is -2.17. The maximum Gasteiger partial charge on any atom is 0.389 e. The van der Waals surface area contributed by atoms with Crippen molar-refractivity contribution in [1.82, 2.24) is 9.97 Å². The van der Waals surface area contributed by atoms with E-state index in [1.54, 1.807) is 12.1 Å². The van der Waals surface area contributed by atoms with Crippen LogP contribution in [0.4, 0.5) is 28.9 Å². The fourth-order valence-electron chi connectivity index (χ4n) is 3.39. The number of carbonyl (C=O) groups excluding carboxylic acids is 1. The minimum absolute atomic E-state index is 0.0396. The number of hydrogen-bond acceptors (Lipinski definition) is 4. The molecule has 2 aromatic heterocycles. The first kappa shape index (κ1) is 25.4. The Bertz CT molecular complexity index is 1260. The molecule has 0 saturated heterocycles. The van der Waals surface area contributed by atoms with Gasteiger partial charge in [-0.2, -0.15) is 13.2 Å². The number of nitrogens with one attached hydrogen (secondary N) is 2. The zero-order chi connectivity index (χ0) is 25.0. The molecule has 0 unspecified atom stereocenters. The van der Waals surface area contributed by atoms with Crippen LogP contribution in [0.2, 0.25) is 5.02 Å². The summed E-state index contributed by atoms with van der Waals surface area (Å²) >= 11 is 5.99. The highest BCUT2D eigenvalue weighted by Gasteiger charge is 2.27. The molecule has 0 aliphatic rings. The van der Waals surface area contributed by atoms with E-state index in [1.807, 2.05) is 13.8 Å². The summed E-state index contributed by atoms with van der Waals surface area (Å²) in [5.74, 6) is -1.28. The monoisotopic (exact) mass is 495 g/mol. The second-order valence-corrected chi connectivity index (χ2v) is 8.55. The number of hydrogen-bond donors (Lipinski definition) is 2. The lowest BCUT2D eigenvalue weighted by Crippen LogP contribution is -2.15. The number of carbonyl (C=O) groups is 1. The van der Waals surface area contributed by atoms with Crippen molar-refractivity contribution in [2.75, 3.05) is 5.32 Å². The molecule has 0 atom stereocenters. The average molecular weight is 496 g/mol. The molecule has 0 bridgehead atoms. The van der Waals surface area contributed by atoms with Gasteiger partial charge in [-0.05, 0) is 42.3 Å². The largest absolute Gasteiger partial charge is 0.389 e. The predicted octanol–water partition coefficient (Wildman–Crippen LogP) is 6.55. The van der Waals surface area contributed by atoms with Crippen LogP contribution in [0, 0.1) is 5.82 Å². The number of halogens is 5. The molecule has 0 aliphatic carbocycles. The van der Waals surface area contributed by atoms with Gasteiger partial charge >= 0.3 is 6.18 Å². The topological polar surface area (TPSA) is 74.8 Å². The molecule has 10 heteroatoms. The van der Waals surface area contributed by atoms with Crippen LogP contribution in [0.5, 0.6) is 0 Å². The van der Waals surface area contributed by atoms with Gasteiger partial charge in [-0.15, -0.1) is 0 Å². The number of H-pyrrole nitrogens is 1. The Morgan fingerprint density at radius 2 is 1.88 bits per heavy atom. The van der Waals surface area contributed by atoms with Gasteiger partial charge in [0.1, 0.15) is 11.6 Å². The van der Waals surface area contributed by atoms with E-state index in [0.717, 1.165) is 0 Å². The first-order chi connectivity index (χ1) is 15.9. The summed E-state index contributed by atoms with van der Waals surface area (Å²) in [6.45, 7) is 3.74. The van der Waals surface area contributed by atoms with Gasteiger partial charge in [0.15, 0.2) is 0 Å². The van der Waals surface area contributed by atoms with Crippen LogP contribution in [0.1, 0.15) is 44.0 Å². The number of pyridine rings is 2. The van der Waals surface area contributed by atoms with Gasteiger partial charge in [0, 0.05) is 46.7 Å². The van der Waals surface area contributed by atoms with E-state index in [0.29, 0.717) is 22.8 Å². The second kappa shape index (κ2) is 10.4. The molecule has 0 saturated carbocycles. The molecule has 0 amide bonds. The fraction of sp³-hybridized carbons (Fsp3) is 0.292. The number of Topliss-reactive ketones (excluding diaryl/α,β-unsaturated/α-hetero) is 1. The van der Waals surface area contributed by atoms with Gasteiger partial charge in [-0.1, -0.05) is 25.4 Å². The van der Waals surface area contributed by atoms with E-state index < -0.39 is 36.2 Å². The highest BCUT2D eigenvalue weighted by Crippen LogP contribution is 2.30. The van der Waals surface area contributed by atoms with Gasteiger partial charge < -0.3 is 10.3 Å². The van der Waals surface area contributed by atoms with Crippen molar-refractivity contribution in [3.05, 3.63) is 75.2 Å². The zero-order valence-electron chi connectivity index (χ0n) is 18.4. The van der Waals surface area contributed by atoms with Crippen LogP contribution in [-0.4, -0.2) is 21.9 Å². The molecule has 0 radical (unpaired) electrons. The SMILES string of the molecule is CC(C)c1[nH]c(=O)c(-c2cc(Cl)ccc2F)cc1Nc1ccnc(CC(=O)CCC(F)(F)F)c1. The molecule has 0 aliphatic heterocycles. The molecule has 0 fully saturated rings. The number of aromatic amines is 1. The third-order valence-electron chi connectivity index (χ3n) is 5.03. The number of alkyl halides is 3. The van der Waals surface area contributed by atoms with Crippen molar-refractivity contribution >= 4 is 28.8 Å². The number of nitrogens with zero attached hydrogens (tertiary/aromatic N) is 1. The normalized spacial score (nSPS) is 11.6. The standard InChI is InChI=1S/C24H22ClF4N3O2/c1-13(2)22-21(12-19(23(34)32-22)18-9-14(25)3-4-20(18)26)31-15-6-8-30-16(10-15)11-17(33)5-7-24(27,28)29/h3-4,6,8-10,12-13H,5,7,11H2,1-2H3,(H,30,31)(H,32,34). The molecule has 2 N–H and O–H groups in total. The van der Waals surface area contributed by atoms with Gasteiger partial charge in [-0.3, -0.25) is 14.6 Å². The summed E-state index contributed by atoms with van der Waals surface area (Å²) in [6, 6.07) is 8.57. The van der Waals surface area contributed by atoms with Gasteiger partial charge in [-0.25, -0.2) is 4.39 Å². The quantitative estimate of drug-likeness (QED) is 0.347. The Labute approximate surface area is 198 Å². The molecule has 3 aromatic rings. The summed E-state index contributed by atoms with van der Waals surface area (Å²) in [6.07, 6.45) is -5.01. The summed E-state index contributed by atoms with van der Waals surface area (Å²) < 4.78 is 51.5. The van der Waals surface area contributed by atoms with E-state index in [2.05, 4.69) is 15.3 Å². The highest BCUT2D eigenvalue weighted by atomic mass is 35.5. The van der Waals surface area contributed by atoms with Crippen LogP contribution in [0.15, 0.2) is 47.4 Å². The van der Waals surface area contributed by atoms with Gasteiger partial charge in [0.05, 0.1) is 17.7 Å². The number of anilines is 2. The predicted molar refractivity (Wildman–Crippen MR) is 123 cm³/mol. The molecular formula is C24H22ClF4N3O2. The lowest BCUT2D eigenvalue weighted by molar-refractivity contribution is -0.143. The second-order valence-electron chi connectivity index (χ2n) is 8.11. The number of rotatable bonds is 8. The fourth-order valence-corrected chi connectivity index (χ4v) is 3.56. The van der Waals surface area contributed by atoms with Crippen LogP contribution in [0.3, 0.4) is 0 Å². The lowest BCUT2D eigenvalue weighted by atomic mass is 10.0. The number of aromatic nitrogens is 2. The Hall–Kier alpha value is -3.20. The third-order valence-corrected chi connectivity index (χ3v) is 5.26. The molecule has 34 heavy (non-hydrogen) atoms. The Kier molecular flexibility index (Phi) is 7.76. The van der Waals surface area contributed by atoms with Crippen LogP contribution in [-0.2, 0) is 11.2 Å². The molecule has 0 spiro atoms. The minimum atomic E-state index is -4.40. The molecular weight excluding hydrogens is 474 g/mol. The zero-order valence-corrected chi connectivity index (χ0v) is 19.1. The van der Waals surface area contributed by atoms with Gasteiger partial charge in [0.25, 0.3) is 5.56 Å². The van der Waals surface area contributed by atoms with E-state index >= 15 is 0 Å². The maximum atomic E-state index is 14.4. The summed E-state index contributed by atoms with van der Waals surface area (Å²) in [5, 5.41) is 3.41. The van der Waals surface area contributed by atoms with Crippen molar-refractivity contribution in [3.63, 3.8) is 0 Å². The van der Waals surface area contributed by atoms with Crippen LogP contribution >= 0.6 is 11.6 Å². The van der Waals surface area contributed by atoms with Gasteiger partial charge in [0.2, 0.25) is 0 Å². The average Bonchev–Trinajstić information content (AvgIpc) is 2.75. The first-order valence-corrected chi connectivity index (χ1v) is 10.8. The Morgan fingerprint density at radius 3 is 2.56 bits per heavy atom. The maximum absolute atomic E-state index is 14.4. The highest BCUT2D eigenvalue weighted by molar-refractivity contribution is 6.30. The van der Waals surface area contributed by atoms with E-state index in [9.17, 15) is 27.2 Å². The van der Waals surface area contributed by atoms with Crippen molar-refractivity contribution in [2.24, 2.45) is 0 Å². The summed E-state index contributed by atoms with van der Waals surface area (Å²) in [5.41, 5.74) is 1.48. The number of ketones is 1. The minimum Gasteiger partial charge on any atom is -0.354 e. The Balaban J connectivity index is 1.91. The van der Waals surface area contributed by atoms with E-state index in [1.165, 1.54) is 30.5 Å². The van der Waals surface area contributed by atoms with E-state index in [4.69, 9.17) is 11.6 Å². The summed E-state index contributed by atoms with van der Waals surface area (Å²) in [7, 11) is 0. The Morgan fingerprint density at radius 1 is 1.15 bits per heavy atom. The third kappa shape index (κ3) is 6.66. The number of benzene rings is 1. The van der Waals surface area contributed by atoms with Crippen LogP contribution < -0.4 is 10.9 Å². The van der Waals surface area contributed by atoms with Crippen LogP contribution in [0.25, 0.3) is 11.1 Å². The molecule has 3 rings (SSSR count). The van der Waals surface area contributed by atoms with Crippen molar-refractivity contribution in [2.45, 2.75) is 45.2 Å². The summed E-state index contributed by atoms with van der Waals surface area (Å²) in [4.78, 5) is 31.5. The molecule has 1 aromatic carbocycles. The molecule has 5 nitrogen and oxygen atoms in total. The molecule has 2 heterocycles. The van der Waals surface area contributed by atoms with Crippen molar-refractivity contribution in [1.29, 1.82) is 0 Å². The first-order valence-electron chi connectivity index (χ1n) is 10.5. The van der Waals surface area contributed by atoms with E-state index in [-0.39, 0.29) is 28.5 Å².